The minimum atomic E-state index is -4.40. The molecule has 31 heavy (non-hydrogen) atoms. The SMILES string of the molecule is CC(C)(O)C1CCC(CNc2ccc3ncc(-c4cccc(C(F)(F)F)c4)n3n2)CC1. The van der Waals surface area contributed by atoms with Crippen molar-refractivity contribution < 1.29 is 18.3 Å². The normalized spacial score (nSPS) is 20.2. The van der Waals surface area contributed by atoms with Gasteiger partial charge in [-0.1, -0.05) is 12.1 Å². The zero-order chi connectivity index (χ0) is 22.2. The number of fused-ring (bicyclic) bond motifs is 1. The smallest absolute Gasteiger partial charge is 0.390 e. The lowest BCUT2D eigenvalue weighted by Gasteiger charge is -2.35. The van der Waals surface area contributed by atoms with Crippen molar-refractivity contribution in [2.24, 2.45) is 11.8 Å². The van der Waals surface area contributed by atoms with E-state index in [2.05, 4.69) is 15.4 Å². The molecule has 3 aromatic rings. The largest absolute Gasteiger partial charge is 0.416 e. The molecule has 0 aliphatic heterocycles. The second-order valence-corrected chi connectivity index (χ2v) is 8.96. The number of imidazole rings is 1. The fraction of sp³-hybridized carbons (Fsp3) is 0.478. The standard InChI is InChI=1S/C23H27F3N4O/c1-22(2,31)17-8-6-15(7-9-17)13-27-20-10-11-21-28-14-19(30(21)29-20)16-4-3-5-18(12-16)23(24,25)26/h3-5,10-12,14-15,17,31H,6-9,13H2,1-2H3,(H,27,29). The number of alkyl halides is 3. The predicted molar refractivity (Wildman–Crippen MR) is 114 cm³/mol. The van der Waals surface area contributed by atoms with Gasteiger partial charge in [-0.3, -0.25) is 0 Å². The highest BCUT2D eigenvalue weighted by Gasteiger charge is 2.32. The van der Waals surface area contributed by atoms with Gasteiger partial charge in [0.25, 0.3) is 0 Å². The van der Waals surface area contributed by atoms with E-state index in [4.69, 9.17) is 0 Å². The first-order valence-electron chi connectivity index (χ1n) is 10.6. The van der Waals surface area contributed by atoms with Gasteiger partial charge in [-0.2, -0.15) is 13.2 Å². The Morgan fingerprint density at radius 3 is 2.52 bits per heavy atom. The first-order chi connectivity index (χ1) is 14.6. The molecule has 1 aliphatic rings. The number of nitrogens with one attached hydrogen (secondary N) is 1. The van der Waals surface area contributed by atoms with E-state index in [-0.39, 0.29) is 0 Å². The van der Waals surface area contributed by atoms with Crippen LogP contribution >= 0.6 is 0 Å². The molecule has 8 heteroatoms. The molecule has 1 aliphatic carbocycles. The number of aromatic nitrogens is 3. The van der Waals surface area contributed by atoms with Gasteiger partial charge >= 0.3 is 6.18 Å². The van der Waals surface area contributed by atoms with Crippen molar-refractivity contribution >= 4 is 11.5 Å². The lowest BCUT2D eigenvalue weighted by Crippen LogP contribution is -2.35. The molecule has 0 amide bonds. The quantitative estimate of drug-likeness (QED) is 0.566. The van der Waals surface area contributed by atoms with E-state index < -0.39 is 17.3 Å². The topological polar surface area (TPSA) is 62.5 Å². The second-order valence-electron chi connectivity index (χ2n) is 8.96. The molecule has 1 saturated carbocycles. The highest BCUT2D eigenvalue weighted by molar-refractivity contribution is 5.64. The summed E-state index contributed by atoms with van der Waals surface area (Å²) in [5.74, 6) is 1.49. The molecule has 0 atom stereocenters. The van der Waals surface area contributed by atoms with Crippen molar-refractivity contribution in [3.63, 3.8) is 0 Å². The fourth-order valence-corrected chi connectivity index (χ4v) is 4.34. The van der Waals surface area contributed by atoms with E-state index in [1.165, 1.54) is 6.07 Å². The van der Waals surface area contributed by atoms with Gasteiger partial charge in [-0.25, -0.2) is 9.50 Å². The number of hydrogen-bond acceptors (Lipinski definition) is 4. The highest BCUT2D eigenvalue weighted by Crippen LogP contribution is 2.35. The molecule has 166 valence electrons. The Morgan fingerprint density at radius 2 is 1.84 bits per heavy atom. The third-order valence-corrected chi connectivity index (χ3v) is 6.27. The lowest BCUT2D eigenvalue weighted by atomic mass is 9.75. The Bertz CT molecular complexity index is 1050. The van der Waals surface area contributed by atoms with Crippen LogP contribution < -0.4 is 5.32 Å². The average Bonchev–Trinajstić information content (AvgIpc) is 3.15. The van der Waals surface area contributed by atoms with Crippen LogP contribution in [0.25, 0.3) is 16.9 Å². The number of hydrogen-bond donors (Lipinski definition) is 2. The van der Waals surface area contributed by atoms with Crippen LogP contribution in [0.3, 0.4) is 0 Å². The Kier molecular flexibility index (Phi) is 5.68. The number of benzene rings is 1. The first kappa shape index (κ1) is 21.6. The van der Waals surface area contributed by atoms with Crippen LogP contribution in [0.1, 0.15) is 45.1 Å². The van der Waals surface area contributed by atoms with E-state index >= 15 is 0 Å². The molecule has 5 nitrogen and oxygen atoms in total. The average molecular weight is 432 g/mol. The van der Waals surface area contributed by atoms with Crippen LogP contribution in [-0.4, -0.2) is 31.9 Å². The number of nitrogens with zero attached hydrogens (tertiary/aromatic N) is 3. The summed E-state index contributed by atoms with van der Waals surface area (Å²) in [6.07, 6.45) is 1.24. The summed E-state index contributed by atoms with van der Waals surface area (Å²) in [6.45, 7) is 4.52. The summed E-state index contributed by atoms with van der Waals surface area (Å²) in [4.78, 5) is 4.28. The van der Waals surface area contributed by atoms with Crippen molar-refractivity contribution in [3.8, 4) is 11.3 Å². The van der Waals surface area contributed by atoms with Crippen LogP contribution in [-0.2, 0) is 6.18 Å². The number of aliphatic hydroxyl groups is 1. The third kappa shape index (κ3) is 4.84. The third-order valence-electron chi connectivity index (χ3n) is 6.27. The molecule has 1 aromatic carbocycles. The van der Waals surface area contributed by atoms with E-state index in [1.54, 1.807) is 22.8 Å². The summed E-state index contributed by atoms with van der Waals surface area (Å²) in [5.41, 5.74) is 0.165. The van der Waals surface area contributed by atoms with Crippen LogP contribution in [0.5, 0.6) is 0 Å². The van der Waals surface area contributed by atoms with Crippen molar-refractivity contribution in [1.29, 1.82) is 0 Å². The van der Waals surface area contributed by atoms with Crippen LogP contribution in [0, 0.1) is 11.8 Å². The maximum Gasteiger partial charge on any atom is 0.416 e. The van der Waals surface area contributed by atoms with Gasteiger partial charge in [-0.05, 0) is 75.6 Å². The maximum atomic E-state index is 13.1. The van der Waals surface area contributed by atoms with Crippen molar-refractivity contribution in [2.45, 2.75) is 51.3 Å². The summed E-state index contributed by atoms with van der Waals surface area (Å²) in [7, 11) is 0. The van der Waals surface area contributed by atoms with Gasteiger partial charge in [0, 0.05) is 12.1 Å². The zero-order valence-electron chi connectivity index (χ0n) is 17.7. The van der Waals surface area contributed by atoms with E-state index in [9.17, 15) is 18.3 Å². The van der Waals surface area contributed by atoms with Gasteiger partial charge < -0.3 is 10.4 Å². The van der Waals surface area contributed by atoms with Crippen LogP contribution in [0.15, 0.2) is 42.6 Å². The molecular formula is C23H27F3N4O. The van der Waals surface area contributed by atoms with E-state index in [1.807, 2.05) is 19.9 Å². The van der Waals surface area contributed by atoms with Gasteiger partial charge in [0.15, 0.2) is 5.65 Å². The second kappa shape index (κ2) is 8.15. The summed E-state index contributed by atoms with van der Waals surface area (Å²) in [6, 6.07) is 8.83. The summed E-state index contributed by atoms with van der Waals surface area (Å²) >= 11 is 0. The molecule has 2 N–H and O–H groups in total. The van der Waals surface area contributed by atoms with Crippen molar-refractivity contribution in [3.05, 3.63) is 48.2 Å². The van der Waals surface area contributed by atoms with Crippen molar-refractivity contribution in [1.82, 2.24) is 14.6 Å². The number of halogens is 3. The molecule has 4 rings (SSSR count). The monoisotopic (exact) mass is 432 g/mol. The highest BCUT2D eigenvalue weighted by atomic mass is 19.4. The maximum absolute atomic E-state index is 13.1. The van der Waals surface area contributed by atoms with E-state index in [0.717, 1.165) is 44.4 Å². The van der Waals surface area contributed by atoms with Gasteiger partial charge in [0.05, 0.1) is 23.1 Å². The molecule has 0 spiro atoms. The summed E-state index contributed by atoms with van der Waals surface area (Å²) < 4.78 is 40.8. The first-order valence-corrected chi connectivity index (χ1v) is 10.6. The minimum Gasteiger partial charge on any atom is -0.390 e. The minimum absolute atomic E-state index is 0.333. The van der Waals surface area contributed by atoms with Gasteiger partial charge in [0.2, 0.25) is 0 Å². The lowest BCUT2D eigenvalue weighted by molar-refractivity contribution is -0.137. The fourth-order valence-electron chi connectivity index (χ4n) is 4.34. The predicted octanol–water partition coefficient (Wildman–Crippen LogP) is 5.40. The van der Waals surface area contributed by atoms with Crippen LogP contribution in [0.2, 0.25) is 0 Å². The molecule has 0 unspecified atom stereocenters. The Hall–Kier alpha value is -2.61. The van der Waals surface area contributed by atoms with Gasteiger partial charge in [-0.15, -0.1) is 5.10 Å². The number of rotatable bonds is 5. The van der Waals surface area contributed by atoms with E-state index in [0.29, 0.717) is 34.6 Å². The summed E-state index contributed by atoms with van der Waals surface area (Å²) in [5, 5.41) is 18.1. The Labute approximate surface area is 179 Å². The number of anilines is 1. The molecule has 0 saturated heterocycles. The molecule has 2 heterocycles. The van der Waals surface area contributed by atoms with Crippen LogP contribution in [0.4, 0.5) is 19.0 Å². The molecule has 0 radical (unpaired) electrons. The molecule has 2 aromatic heterocycles. The Balaban J connectivity index is 1.48. The molecule has 0 bridgehead atoms. The van der Waals surface area contributed by atoms with Crippen molar-refractivity contribution in [2.75, 3.05) is 11.9 Å². The molecular weight excluding hydrogens is 405 g/mol. The Morgan fingerprint density at radius 1 is 1.10 bits per heavy atom. The molecule has 1 fully saturated rings. The zero-order valence-corrected chi connectivity index (χ0v) is 17.7. The van der Waals surface area contributed by atoms with Gasteiger partial charge in [0.1, 0.15) is 5.82 Å².